The summed E-state index contributed by atoms with van der Waals surface area (Å²) in [4.78, 5) is 23.6. The zero-order valence-electron chi connectivity index (χ0n) is 13.9. The predicted octanol–water partition coefficient (Wildman–Crippen LogP) is 2.92. The molecule has 0 aliphatic carbocycles. The van der Waals surface area contributed by atoms with E-state index in [2.05, 4.69) is 5.10 Å². The van der Waals surface area contributed by atoms with Crippen molar-refractivity contribution >= 4 is 17.6 Å². The van der Waals surface area contributed by atoms with E-state index >= 15 is 0 Å². The van der Waals surface area contributed by atoms with Gasteiger partial charge in [0.15, 0.2) is 0 Å². The first-order valence-corrected chi connectivity index (χ1v) is 8.27. The Morgan fingerprint density at radius 2 is 1.96 bits per heavy atom. The fraction of sp³-hybridized carbons (Fsp3) is 0.167. The van der Waals surface area contributed by atoms with Gasteiger partial charge in [-0.25, -0.2) is 9.18 Å². The number of carbonyl (C=O) groups is 1. The van der Waals surface area contributed by atoms with Gasteiger partial charge in [0.25, 0.3) is 0 Å². The lowest BCUT2D eigenvalue weighted by molar-refractivity contribution is -0.145. The van der Waals surface area contributed by atoms with Crippen molar-refractivity contribution in [2.75, 3.05) is 13.2 Å². The van der Waals surface area contributed by atoms with Crippen LogP contribution in [0.1, 0.15) is 0 Å². The van der Waals surface area contributed by atoms with Crippen LogP contribution in [-0.4, -0.2) is 29.0 Å². The molecule has 0 bridgehead atoms. The summed E-state index contributed by atoms with van der Waals surface area (Å²) in [5, 5.41) is 4.44. The average Bonchev–Trinajstić information content (AvgIpc) is 3.00. The first-order valence-electron chi connectivity index (χ1n) is 7.89. The SMILES string of the molecule is O=C(Cn1nc(-c2ccc(F)cc2)oc1=O)OCCOc1cccc(Cl)c1. The molecule has 0 N–H and O–H groups in total. The van der Waals surface area contributed by atoms with Gasteiger partial charge in [0.05, 0.1) is 0 Å². The maximum absolute atomic E-state index is 12.9. The normalized spacial score (nSPS) is 10.6. The van der Waals surface area contributed by atoms with Crippen molar-refractivity contribution in [3.05, 3.63) is 69.9 Å². The van der Waals surface area contributed by atoms with Crippen LogP contribution in [-0.2, 0) is 16.1 Å². The van der Waals surface area contributed by atoms with Gasteiger partial charge in [-0.15, -0.1) is 5.10 Å². The minimum absolute atomic E-state index is 0.0111. The van der Waals surface area contributed by atoms with Crippen molar-refractivity contribution in [3.8, 4) is 17.2 Å². The third kappa shape index (κ3) is 5.18. The third-order valence-electron chi connectivity index (χ3n) is 3.39. The van der Waals surface area contributed by atoms with Gasteiger partial charge in [-0.2, -0.15) is 4.68 Å². The fourth-order valence-corrected chi connectivity index (χ4v) is 2.34. The molecule has 140 valence electrons. The van der Waals surface area contributed by atoms with Crippen LogP contribution in [0.25, 0.3) is 11.5 Å². The summed E-state index contributed by atoms with van der Waals surface area (Å²) >= 11 is 5.84. The van der Waals surface area contributed by atoms with Gasteiger partial charge >= 0.3 is 11.7 Å². The molecular weight excluding hydrogens is 379 g/mol. The summed E-state index contributed by atoms with van der Waals surface area (Å²) in [6.07, 6.45) is 0. The van der Waals surface area contributed by atoms with E-state index in [-0.39, 0.29) is 19.1 Å². The van der Waals surface area contributed by atoms with E-state index in [4.69, 9.17) is 25.5 Å². The molecule has 0 spiro atoms. The molecule has 0 aliphatic heterocycles. The Balaban J connectivity index is 1.50. The van der Waals surface area contributed by atoms with Gasteiger partial charge in [-0.3, -0.25) is 4.79 Å². The maximum atomic E-state index is 12.9. The van der Waals surface area contributed by atoms with Crippen LogP contribution in [0.5, 0.6) is 5.75 Å². The number of benzene rings is 2. The first kappa shape index (κ1) is 18.7. The Hall–Kier alpha value is -3.13. The fourth-order valence-electron chi connectivity index (χ4n) is 2.16. The van der Waals surface area contributed by atoms with E-state index in [1.165, 1.54) is 24.3 Å². The Labute approximate surface area is 157 Å². The van der Waals surface area contributed by atoms with Gasteiger partial charge in [-0.1, -0.05) is 17.7 Å². The number of nitrogens with zero attached hydrogens (tertiary/aromatic N) is 2. The third-order valence-corrected chi connectivity index (χ3v) is 3.62. The van der Waals surface area contributed by atoms with Crippen molar-refractivity contribution in [1.82, 2.24) is 9.78 Å². The molecule has 0 amide bonds. The van der Waals surface area contributed by atoms with Crippen LogP contribution in [0.4, 0.5) is 4.39 Å². The lowest BCUT2D eigenvalue weighted by Gasteiger charge is -2.07. The maximum Gasteiger partial charge on any atom is 0.437 e. The van der Waals surface area contributed by atoms with Crippen molar-refractivity contribution in [2.24, 2.45) is 0 Å². The van der Waals surface area contributed by atoms with E-state index in [1.807, 2.05) is 0 Å². The summed E-state index contributed by atoms with van der Waals surface area (Å²) in [7, 11) is 0. The summed E-state index contributed by atoms with van der Waals surface area (Å²) < 4.78 is 29.1. The molecule has 0 saturated carbocycles. The molecule has 0 radical (unpaired) electrons. The smallest absolute Gasteiger partial charge is 0.437 e. The molecule has 0 saturated heterocycles. The lowest BCUT2D eigenvalue weighted by atomic mass is 10.2. The number of carbonyl (C=O) groups excluding carboxylic acids is 1. The van der Waals surface area contributed by atoms with Gasteiger partial charge < -0.3 is 13.9 Å². The van der Waals surface area contributed by atoms with Crippen LogP contribution >= 0.6 is 11.6 Å². The van der Waals surface area contributed by atoms with E-state index in [0.29, 0.717) is 16.3 Å². The Morgan fingerprint density at radius 3 is 2.70 bits per heavy atom. The molecule has 1 aromatic heterocycles. The highest BCUT2D eigenvalue weighted by atomic mass is 35.5. The molecule has 0 atom stereocenters. The molecule has 27 heavy (non-hydrogen) atoms. The highest BCUT2D eigenvalue weighted by molar-refractivity contribution is 6.30. The minimum atomic E-state index is -0.818. The van der Waals surface area contributed by atoms with Crippen LogP contribution < -0.4 is 10.5 Å². The topological polar surface area (TPSA) is 83.6 Å². The van der Waals surface area contributed by atoms with Crippen molar-refractivity contribution in [1.29, 1.82) is 0 Å². The summed E-state index contributed by atoms with van der Waals surface area (Å²) in [5.74, 6) is -1.39. The van der Waals surface area contributed by atoms with Crippen LogP contribution in [0.3, 0.4) is 0 Å². The Kier molecular flexibility index (Phi) is 5.87. The van der Waals surface area contributed by atoms with Crippen LogP contribution in [0.15, 0.2) is 57.7 Å². The zero-order valence-corrected chi connectivity index (χ0v) is 14.7. The summed E-state index contributed by atoms with van der Waals surface area (Å²) in [6.45, 7) is -0.302. The molecule has 2 aromatic carbocycles. The largest absolute Gasteiger partial charge is 0.490 e. The molecule has 0 aliphatic rings. The van der Waals surface area contributed by atoms with Crippen LogP contribution in [0, 0.1) is 5.82 Å². The van der Waals surface area contributed by atoms with Gasteiger partial charge in [0.1, 0.15) is 31.3 Å². The highest BCUT2D eigenvalue weighted by Gasteiger charge is 2.14. The van der Waals surface area contributed by atoms with E-state index in [9.17, 15) is 14.0 Å². The first-order chi connectivity index (χ1) is 13.0. The highest BCUT2D eigenvalue weighted by Crippen LogP contribution is 2.17. The second kappa shape index (κ2) is 8.50. The number of aromatic nitrogens is 2. The van der Waals surface area contributed by atoms with Gasteiger partial charge in [0.2, 0.25) is 5.89 Å². The number of halogens is 2. The molecule has 0 unspecified atom stereocenters. The second-order valence-electron chi connectivity index (χ2n) is 5.36. The second-order valence-corrected chi connectivity index (χ2v) is 5.80. The van der Waals surface area contributed by atoms with E-state index < -0.39 is 24.1 Å². The van der Waals surface area contributed by atoms with Crippen molar-refractivity contribution in [2.45, 2.75) is 6.54 Å². The molecule has 1 heterocycles. The molecule has 3 aromatic rings. The summed E-state index contributed by atoms with van der Waals surface area (Å²) in [5.41, 5.74) is 0.413. The quantitative estimate of drug-likeness (QED) is 0.454. The van der Waals surface area contributed by atoms with E-state index in [1.54, 1.807) is 24.3 Å². The van der Waals surface area contributed by atoms with Crippen molar-refractivity contribution in [3.63, 3.8) is 0 Å². The lowest BCUT2D eigenvalue weighted by Crippen LogP contribution is -2.24. The number of esters is 1. The average molecular weight is 393 g/mol. The standard InChI is InChI=1S/C18H14ClFN2O5/c19-13-2-1-3-15(10-13)25-8-9-26-16(23)11-22-18(24)27-17(21-22)12-4-6-14(20)7-5-12/h1-7,10H,8-9,11H2. The predicted molar refractivity (Wildman–Crippen MR) is 94.1 cm³/mol. The number of hydrogen-bond donors (Lipinski definition) is 0. The zero-order chi connectivity index (χ0) is 19.2. The van der Waals surface area contributed by atoms with Gasteiger partial charge in [0, 0.05) is 10.6 Å². The number of ether oxygens (including phenoxy) is 2. The molecular formula is C18H14ClFN2O5. The number of hydrogen-bond acceptors (Lipinski definition) is 6. The van der Waals surface area contributed by atoms with Gasteiger partial charge in [-0.05, 0) is 42.5 Å². The molecule has 0 fully saturated rings. The Morgan fingerprint density at radius 1 is 1.19 bits per heavy atom. The molecule has 9 heteroatoms. The van der Waals surface area contributed by atoms with Crippen LogP contribution in [0.2, 0.25) is 5.02 Å². The van der Waals surface area contributed by atoms with Crippen molar-refractivity contribution < 1.29 is 23.1 Å². The van der Waals surface area contributed by atoms with E-state index in [0.717, 1.165) is 4.68 Å². The molecule has 7 nitrogen and oxygen atoms in total. The Bertz CT molecular complexity index is 984. The number of rotatable bonds is 7. The minimum Gasteiger partial charge on any atom is -0.490 e. The monoisotopic (exact) mass is 392 g/mol. The summed E-state index contributed by atoms with van der Waals surface area (Å²) in [6, 6.07) is 12.1. The molecule has 3 rings (SSSR count).